The maximum atomic E-state index is 11.5. The van der Waals surface area contributed by atoms with Crippen LogP contribution in [0.4, 0.5) is 0 Å². The minimum atomic E-state index is -1.09. The topological polar surface area (TPSA) is 54.4 Å². The van der Waals surface area contributed by atoms with E-state index in [9.17, 15) is 14.7 Å². The fourth-order valence-corrected chi connectivity index (χ4v) is 1.78. The summed E-state index contributed by atoms with van der Waals surface area (Å²) in [5.41, 5.74) is -1.11. The third-order valence-electron chi connectivity index (χ3n) is 3.31. The molecule has 1 aliphatic carbocycles. The predicted octanol–water partition coefficient (Wildman–Crippen LogP) is 1.81. The quantitative estimate of drug-likeness (QED) is 0.725. The molecule has 0 saturated carbocycles. The molecule has 0 spiro atoms. The van der Waals surface area contributed by atoms with Crippen LogP contribution >= 0.6 is 0 Å². The Morgan fingerprint density at radius 1 is 1.44 bits per heavy atom. The van der Waals surface area contributed by atoms with Crippen molar-refractivity contribution in [3.63, 3.8) is 0 Å². The van der Waals surface area contributed by atoms with Crippen molar-refractivity contribution in [3.8, 4) is 0 Å². The fourth-order valence-electron chi connectivity index (χ4n) is 1.78. The van der Waals surface area contributed by atoms with Gasteiger partial charge in [0.15, 0.2) is 11.6 Å². The van der Waals surface area contributed by atoms with Gasteiger partial charge in [-0.2, -0.15) is 0 Å². The Balaban J connectivity index is 3.15. The Morgan fingerprint density at radius 2 is 2.00 bits per heavy atom. The second-order valence-electron chi connectivity index (χ2n) is 5.14. The van der Waals surface area contributed by atoms with Crippen molar-refractivity contribution in [2.75, 3.05) is 0 Å². The van der Waals surface area contributed by atoms with Crippen LogP contribution in [0.5, 0.6) is 0 Å². The van der Waals surface area contributed by atoms with Crippen molar-refractivity contribution in [3.05, 3.63) is 23.8 Å². The van der Waals surface area contributed by atoms with Gasteiger partial charge in [-0.1, -0.05) is 19.9 Å². The second kappa shape index (κ2) is 3.98. The summed E-state index contributed by atoms with van der Waals surface area (Å²) in [6.07, 6.45) is 4.64. The number of carbonyl (C=O) groups is 2. The van der Waals surface area contributed by atoms with Gasteiger partial charge < -0.3 is 5.11 Å². The van der Waals surface area contributed by atoms with Crippen molar-refractivity contribution < 1.29 is 14.7 Å². The molecule has 0 fully saturated rings. The van der Waals surface area contributed by atoms with E-state index in [1.165, 1.54) is 25.2 Å². The highest BCUT2D eigenvalue weighted by Gasteiger charge is 2.45. The molecule has 0 radical (unpaired) electrons. The highest BCUT2D eigenvalue weighted by Crippen LogP contribution is 2.43. The van der Waals surface area contributed by atoms with Crippen molar-refractivity contribution in [1.29, 1.82) is 0 Å². The monoisotopic (exact) mass is 222 g/mol. The van der Waals surface area contributed by atoms with Gasteiger partial charge in [0.05, 0.1) is 5.60 Å². The maximum absolute atomic E-state index is 11.5. The number of hydrogen-bond acceptors (Lipinski definition) is 3. The van der Waals surface area contributed by atoms with E-state index >= 15 is 0 Å². The van der Waals surface area contributed by atoms with Gasteiger partial charge in [0, 0.05) is 11.8 Å². The Kier molecular flexibility index (Phi) is 3.20. The van der Waals surface area contributed by atoms with Crippen LogP contribution in [-0.4, -0.2) is 22.3 Å². The molecule has 1 N–H and O–H groups in total. The third kappa shape index (κ3) is 2.30. The summed E-state index contributed by atoms with van der Waals surface area (Å²) in [5, 5.41) is 10.4. The molecule has 1 rings (SSSR count). The van der Waals surface area contributed by atoms with Crippen LogP contribution in [-0.2, 0) is 9.59 Å². The average molecular weight is 222 g/mol. The molecule has 0 aromatic heterocycles. The van der Waals surface area contributed by atoms with E-state index in [0.717, 1.165) is 0 Å². The van der Waals surface area contributed by atoms with Crippen molar-refractivity contribution >= 4 is 11.6 Å². The molecule has 0 aromatic carbocycles. The molecule has 1 aliphatic rings. The van der Waals surface area contributed by atoms with Crippen molar-refractivity contribution in [2.45, 2.75) is 39.7 Å². The van der Waals surface area contributed by atoms with Crippen LogP contribution in [0.25, 0.3) is 0 Å². The third-order valence-corrected chi connectivity index (χ3v) is 3.31. The summed E-state index contributed by atoms with van der Waals surface area (Å²) in [6, 6.07) is 0. The lowest BCUT2D eigenvalue weighted by atomic mass is 9.65. The average Bonchev–Trinajstić information content (AvgIpc) is 2.08. The lowest BCUT2D eigenvalue weighted by Gasteiger charge is -2.43. The van der Waals surface area contributed by atoms with Gasteiger partial charge in [-0.15, -0.1) is 0 Å². The van der Waals surface area contributed by atoms with E-state index in [1.807, 2.05) is 13.8 Å². The van der Waals surface area contributed by atoms with Crippen molar-refractivity contribution in [1.82, 2.24) is 0 Å². The zero-order valence-electron chi connectivity index (χ0n) is 10.2. The van der Waals surface area contributed by atoms with Crippen LogP contribution in [0.15, 0.2) is 23.8 Å². The van der Waals surface area contributed by atoms with E-state index in [1.54, 1.807) is 6.92 Å². The largest absolute Gasteiger partial charge is 0.385 e. The van der Waals surface area contributed by atoms with Crippen LogP contribution in [0.1, 0.15) is 34.1 Å². The molecular weight excluding hydrogens is 204 g/mol. The number of allylic oxidation sites excluding steroid dienone is 2. The number of rotatable bonds is 2. The zero-order chi connectivity index (χ0) is 12.6. The van der Waals surface area contributed by atoms with Gasteiger partial charge in [-0.05, 0) is 31.6 Å². The summed E-state index contributed by atoms with van der Waals surface area (Å²) in [5.74, 6) is -0.118. The molecule has 3 nitrogen and oxygen atoms in total. The smallest absolute Gasteiger partial charge is 0.156 e. The minimum Gasteiger partial charge on any atom is -0.385 e. The number of ketones is 2. The Morgan fingerprint density at radius 3 is 2.50 bits per heavy atom. The summed E-state index contributed by atoms with van der Waals surface area (Å²) in [7, 11) is 0. The Bertz CT molecular complexity index is 384. The molecule has 0 bridgehead atoms. The minimum absolute atomic E-state index is 0.0141. The predicted molar refractivity (Wildman–Crippen MR) is 61.9 cm³/mol. The van der Waals surface area contributed by atoms with E-state index in [4.69, 9.17) is 0 Å². The molecule has 1 atom stereocenters. The van der Waals surface area contributed by atoms with Gasteiger partial charge in [-0.25, -0.2) is 0 Å². The summed E-state index contributed by atoms with van der Waals surface area (Å²) in [4.78, 5) is 22.4. The standard InChI is InChI=1S/C13H18O3/c1-9(14)5-6-10-7-11(15)8-12(2,3)13(10,4)16/h5-7,16H,8H2,1-4H3/t13-/m0/s1. The summed E-state index contributed by atoms with van der Waals surface area (Å²) < 4.78 is 0. The van der Waals surface area contributed by atoms with Crippen LogP contribution in [0.3, 0.4) is 0 Å². The molecule has 0 saturated heterocycles. The fraction of sp³-hybridized carbons (Fsp3) is 0.538. The molecule has 16 heavy (non-hydrogen) atoms. The van der Waals surface area contributed by atoms with Crippen LogP contribution < -0.4 is 0 Å². The molecule has 88 valence electrons. The van der Waals surface area contributed by atoms with E-state index in [2.05, 4.69) is 0 Å². The number of aliphatic hydroxyl groups is 1. The molecule has 0 heterocycles. The number of carbonyl (C=O) groups excluding carboxylic acids is 2. The molecule has 0 amide bonds. The lowest BCUT2D eigenvalue weighted by Crippen LogP contribution is -2.47. The van der Waals surface area contributed by atoms with Gasteiger partial charge in [0.1, 0.15) is 0 Å². The maximum Gasteiger partial charge on any atom is 0.156 e. The van der Waals surface area contributed by atoms with E-state index in [0.29, 0.717) is 12.0 Å². The highest BCUT2D eigenvalue weighted by molar-refractivity contribution is 5.94. The van der Waals surface area contributed by atoms with E-state index < -0.39 is 11.0 Å². The molecule has 3 heteroatoms. The molecular formula is C13H18O3. The first kappa shape index (κ1) is 12.8. The first-order chi connectivity index (χ1) is 7.17. The van der Waals surface area contributed by atoms with Gasteiger partial charge in [0.25, 0.3) is 0 Å². The summed E-state index contributed by atoms with van der Waals surface area (Å²) >= 11 is 0. The first-order valence-electron chi connectivity index (χ1n) is 5.33. The highest BCUT2D eigenvalue weighted by atomic mass is 16.3. The van der Waals surface area contributed by atoms with Crippen LogP contribution in [0, 0.1) is 5.41 Å². The normalized spacial score (nSPS) is 29.3. The Hall–Kier alpha value is -1.22. The van der Waals surface area contributed by atoms with Gasteiger partial charge in [0.2, 0.25) is 0 Å². The second-order valence-corrected chi connectivity index (χ2v) is 5.14. The molecule has 0 unspecified atom stereocenters. The number of hydrogen-bond donors (Lipinski definition) is 1. The molecule has 0 aliphatic heterocycles. The zero-order valence-corrected chi connectivity index (χ0v) is 10.2. The van der Waals surface area contributed by atoms with Crippen molar-refractivity contribution in [2.24, 2.45) is 5.41 Å². The van der Waals surface area contributed by atoms with Gasteiger partial charge in [-0.3, -0.25) is 9.59 Å². The van der Waals surface area contributed by atoms with E-state index in [-0.39, 0.29) is 11.6 Å². The molecule has 0 aromatic rings. The SMILES string of the molecule is CC(=O)C=CC1=CC(=O)CC(C)(C)[C@@]1(C)O. The van der Waals surface area contributed by atoms with Crippen LogP contribution in [0.2, 0.25) is 0 Å². The summed E-state index contributed by atoms with van der Waals surface area (Å²) in [6.45, 7) is 6.80. The lowest BCUT2D eigenvalue weighted by molar-refractivity contribution is -0.122. The Labute approximate surface area is 95.9 Å². The van der Waals surface area contributed by atoms with Gasteiger partial charge >= 0.3 is 0 Å². The first-order valence-corrected chi connectivity index (χ1v) is 5.33.